The van der Waals surface area contributed by atoms with E-state index in [1.807, 2.05) is 49.4 Å². The summed E-state index contributed by atoms with van der Waals surface area (Å²) in [5.74, 6) is 2.60. The molecule has 188 valence electrons. The van der Waals surface area contributed by atoms with Crippen molar-refractivity contribution in [2.75, 3.05) is 13.2 Å². The number of ether oxygens (including phenoxy) is 3. The van der Waals surface area contributed by atoms with Crippen LogP contribution < -0.4 is 14.2 Å². The summed E-state index contributed by atoms with van der Waals surface area (Å²) in [6.45, 7) is 5.60. The summed E-state index contributed by atoms with van der Waals surface area (Å²) < 4.78 is 18.0. The molecule has 3 aromatic rings. The topological polar surface area (TPSA) is 43.3 Å². The van der Waals surface area contributed by atoms with Crippen LogP contribution in [-0.2, 0) is 0 Å². The van der Waals surface area contributed by atoms with Gasteiger partial charge in [-0.1, -0.05) is 37.8 Å². The lowest BCUT2D eigenvalue weighted by molar-refractivity contribution is -0.0190. The van der Waals surface area contributed by atoms with Crippen LogP contribution in [0.15, 0.2) is 71.8 Å². The van der Waals surface area contributed by atoms with Gasteiger partial charge in [-0.25, -0.2) is 5.01 Å². The summed E-state index contributed by atoms with van der Waals surface area (Å²) in [6.07, 6.45) is 5.22. The van der Waals surface area contributed by atoms with Crippen LogP contribution in [0.4, 0.5) is 0 Å². The van der Waals surface area contributed by atoms with Crippen molar-refractivity contribution in [2.24, 2.45) is 5.10 Å². The number of hydrazone groups is 1. The standard InChI is InChI=1S/C30H33ClN2O3/c1-3-5-6-7-18-35-25-15-10-22(11-16-25)30-33-28(26-19-23(31)12-17-29(26)36-30)20-27(32-33)21-8-13-24(14-9-21)34-4-2/h8-17,19,28,30H,3-7,18,20H2,1-2H3/t28-,30-/m0/s1. The lowest BCUT2D eigenvalue weighted by Gasteiger charge is -2.38. The molecule has 0 unspecified atom stereocenters. The van der Waals surface area contributed by atoms with Gasteiger partial charge in [-0.15, -0.1) is 0 Å². The second-order valence-corrected chi connectivity index (χ2v) is 9.67. The third kappa shape index (κ3) is 5.31. The molecule has 2 aliphatic heterocycles. The van der Waals surface area contributed by atoms with Gasteiger partial charge in [-0.3, -0.25) is 0 Å². The SMILES string of the molecule is CCCCCCOc1ccc([C@@H]2Oc3ccc(Cl)cc3[C@@H]3CC(c4ccc(OCC)cc4)=NN32)cc1. The van der Waals surface area contributed by atoms with Crippen LogP contribution in [0, 0.1) is 0 Å². The summed E-state index contributed by atoms with van der Waals surface area (Å²) in [5, 5.41) is 7.83. The highest BCUT2D eigenvalue weighted by Gasteiger charge is 2.41. The van der Waals surface area contributed by atoms with Crippen LogP contribution in [0.25, 0.3) is 0 Å². The molecule has 0 fully saturated rings. The number of rotatable bonds is 10. The van der Waals surface area contributed by atoms with Crippen LogP contribution in [-0.4, -0.2) is 23.9 Å². The van der Waals surface area contributed by atoms with Crippen LogP contribution in [0.5, 0.6) is 17.2 Å². The van der Waals surface area contributed by atoms with Crippen molar-refractivity contribution in [3.63, 3.8) is 0 Å². The summed E-state index contributed by atoms with van der Waals surface area (Å²) in [7, 11) is 0. The zero-order chi connectivity index (χ0) is 24.9. The van der Waals surface area contributed by atoms with Crippen molar-refractivity contribution < 1.29 is 14.2 Å². The highest BCUT2D eigenvalue weighted by Crippen LogP contribution is 2.48. The fourth-order valence-electron chi connectivity index (χ4n) is 4.81. The second kappa shape index (κ2) is 11.3. The lowest BCUT2D eigenvalue weighted by atomic mass is 9.96. The first-order valence-electron chi connectivity index (χ1n) is 12.9. The Hall–Kier alpha value is -3.18. The number of hydrogen-bond donors (Lipinski definition) is 0. The number of benzene rings is 3. The molecule has 0 saturated carbocycles. The Morgan fingerprint density at radius 1 is 0.917 bits per heavy atom. The van der Waals surface area contributed by atoms with E-state index in [2.05, 4.69) is 36.2 Å². The molecular formula is C30H33ClN2O3. The average Bonchev–Trinajstić information content (AvgIpc) is 3.35. The first kappa shape index (κ1) is 24.5. The largest absolute Gasteiger partial charge is 0.494 e. The molecule has 3 aromatic carbocycles. The molecule has 36 heavy (non-hydrogen) atoms. The minimum atomic E-state index is -0.331. The van der Waals surface area contributed by atoms with Gasteiger partial charge >= 0.3 is 0 Å². The van der Waals surface area contributed by atoms with E-state index in [9.17, 15) is 0 Å². The maximum absolute atomic E-state index is 6.49. The highest BCUT2D eigenvalue weighted by molar-refractivity contribution is 6.30. The van der Waals surface area contributed by atoms with E-state index >= 15 is 0 Å². The molecule has 0 saturated heterocycles. The molecule has 2 heterocycles. The van der Waals surface area contributed by atoms with E-state index in [1.54, 1.807) is 0 Å². The smallest absolute Gasteiger partial charge is 0.213 e. The van der Waals surface area contributed by atoms with Gasteiger partial charge in [0.1, 0.15) is 17.2 Å². The minimum absolute atomic E-state index is 0.0495. The molecule has 0 aromatic heterocycles. The molecule has 0 radical (unpaired) electrons. The van der Waals surface area contributed by atoms with Gasteiger partial charge in [0.25, 0.3) is 0 Å². The van der Waals surface area contributed by atoms with Gasteiger partial charge in [-0.2, -0.15) is 5.10 Å². The van der Waals surface area contributed by atoms with E-state index < -0.39 is 0 Å². The average molecular weight is 505 g/mol. The zero-order valence-electron chi connectivity index (χ0n) is 21.0. The van der Waals surface area contributed by atoms with E-state index in [-0.39, 0.29) is 12.3 Å². The van der Waals surface area contributed by atoms with Gasteiger partial charge in [0.15, 0.2) is 0 Å². The van der Waals surface area contributed by atoms with Gasteiger partial charge in [0, 0.05) is 22.6 Å². The molecule has 5 rings (SSSR count). The fourth-order valence-corrected chi connectivity index (χ4v) is 4.99. The van der Waals surface area contributed by atoms with Gasteiger partial charge in [0.05, 0.1) is 25.0 Å². The van der Waals surface area contributed by atoms with E-state index in [4.69, 9.17) is 30.9 Å². The number of hydrogen-bond acceptors (Lipinski definition) is 5. The van der Waals surface area contributed by atoms with E-state index in [1.165, 1.54) is 19.3 Å². The number of fused-ring (bicyclic) bond motifs is 3. The Labute approximate surface area is 218 Å². The summed E-state index contributed by atoms with van der Waals surface area (Å²) in [6, 6.07) is 22.2. The molecule has 0 amide bonds. The van der Waals surface area contributed by atoms with E-state index in [0.717, 1.165) is 59.1 Å². The van der Waals surface area contributed by atoms with E-state index in [0.29, 0.717) is 11.6 Å². The Kier molecular flexibility index (Phi) is 7.66. The molecule has 0 bridgehead atoms. The van der Waals surface area contributed by atoms with Gasteiger partial charge in [0.2, 0.25) is 6.23 Å². The molecule has 0 N–H and O–H groups in total. The maximum atomic E-state index is 6.49. The van der Waals surface area contributed by atoms with Crippen LogP contribution in [0.2, 0.25) is 5.02 Å². The normalized spacial score (nSPS) is 18.2. The van der Waals surface area contributed by atoms with Crippen LogP contribution >= 0.6 is 11.6 Å². The Balaban J connectivity index is 1.38. The molecule has 2 atom stereocenters. The van der Waals surface area contributed by atoms with Crippen molar-refractivity contribution in [3.8, 4) is 17.2 Å². The predicted octanol–water partition coefficient (Wildman–Crippen LogP) is 7.94. The Bertz CT molecular complexity index is 1190. The van der Waals surface area contributed by atoms with Crippen molar-refractivity contribution in [1.82, 2.24) is 5.01 Å². The summed E-state index contributed by atoms with van der Waals surface area (Å²) in [5.41, 5.74) is 4.21. The van der Waals surface area contributed by atoms with Crippen LogP contribution in [0.3, 0.4) is 0 Å². The molecule has 0 aliphatic carbocycles. The van der Waals surface area contributed by atoms with Gasteiger partial charge < -0.3 is 14.2 Å². The summed E-state index contributed by atoms with van der Waals surface area (Å²) >= 11 is 6.37. The Morgan fingerprint density at radius 2 is 1.67 bits per heavy atom. The molecule has 6 heteroatoms. The molecule has 2 aliphatic rings. The number of halogens is 1. The monoisotopic (exact) mass is 504 g/mol. The highest BCUT2D eigenvalue weighted by atomic mass is 35.5. The van der Waals surface area contributed by atoms with Crippen molar-refractivity contribution in [2.45, 2.75) is 58.2 Å². The van der Waals surface area contributed by atoms with Crippen LogP contribution in [0.1, 0.15) is 74.9 Å². The molecular weight excluding hydrogens is 472 g/mol. The van der Waals surface area contributed by atoms with Gasteiger partial charge in [-0.05, 0) is 85.6 Å². The third-order valence-electron chi connectivity index (χ3n) is 6.68. The molecule has 0 spiro atoms. The second-order valence-electron chi connectivity index (χ2n) is 9.23. The predicted molar refractivity (Wildman–Crippen MR) is 144 cm³/mol. The zero-order valence-corrected chi connectivity index (χ0v) is 21.7. The first-order chi connectivity index (χ1) is 17.7. The number of unbranched alkanes of at least 4 members (excludes halogenated alkanes) is 3. The van der Waals surface area contributed by atoms with Crippen molar-refractivity contribution in [1.29, 1.82) is 0 Å². The molecule has 5 nitrogen and oxygen atoms in total. The van der Waals surface area contributed by atoms with Crippen molar-refractivity contribution in [3.05, 3.63) is 88.4 Å². The minimum Gasteiger partial charge on any atom is -0.494 e. The maximum Gasteiger partial charge on any atom is 0.213 e. The first-order valence-corrected chi connectivity index (χ1v) is 13.3. The lowest BCUT2D eigenvalue weighted by Crippen LogP contribution is -2.33. The quantitative estimate of drug-likeness (QED) is 0.263. The Morgan fingerprint density at radius 3 is 2.42 bits per heavy atom. The van der Waals surface area contributed by atoms with Crippen molar-refractivity contribution >= 4 is 17.3 Å². The summed E-state index contributed by atoms with van der Waals surface area (Å²) in [4.78, 5) is 0. The fraction of sp³-hybridized carbons (Fsp3) is 0.367. The third-order valence-corrected chi connectivity index (χ3v) is 6.92. The number of nitrogens with zero attached hydrogens (tertiary/aromatic N) is 2.